The van der Waals surface area contributed by atoms with E-state index in [1.54, 1.807) is 20.8 Å². The molecule has 0 rings (SSSR count). The molecule has 0 atom stereocenters. The third-order valence-electron chi connectivity index (χ3n) is 0. The minimum atomic E-state index is -3.21. The van der Waals surface area contributed by atoms with E-state index in [0.717, 1.165) is 0 Å². The van der Waals surface area contributed by atoms with Crippen molar-refractivity contribution in [2.24, 2.45) is 0 Å². The molecule has 12 heavy (non-hydrogen) atoms. The summed E-state index contributed by atoms with van der Waals surface area (Å²) in [6.45, 7) is 15.0. The molecule has 0 saturated heterocycles. The molecule has 0 nitrogen and oxygen atoms in total. The molecule has 0 aliphatic heterocycles. The first kappa shape index (κ1) is 29.3. The van der Waals surface area contributed by atoms with Crippen molar-refractivity contribution in [3.63, 3.8) is 0 Å². The summed E-state index contributed by atoms with van der Waals surface area (Å²) in [6, 6.07) is 0. The Labute approximate surface area is 107 Å². The standard InChI is InChI=1S/3C2H5.4ClH.Ge.Nb/c3*1-2;;;;;;/h3*1H2,2H3;4*1H;;/q3*-1;;;;;;+4/p-4. The van der Waals surface area contributed by atoms with Crippen molar-refractivity contribution in [2.75, 3.05) is 0 Å². The summed E-state index contributed by atoms with van der Waals surface area (Å²) in [5, 5.41) is 0. The van der Waals surface area contributed by atoms with Crippen LogP contribution in [0, 0.1) is 20.8 Å². The van der Waals surface area contributed by atoms with E-state index in [1.165, 1.54) is 0 Å². The van der Waals surface area contributed by atoms with Crippen LogP contribution >= 0.6 is 36.8 Å². The zero-order valence-electron chi connectivity index (χ0n) is 7.58. The molecule has 6 heteroatoms. The molecule has 0 aliphatic carbocycles. The minimum absolute atomic E-state index is 0. The Balaban J connectivity index is -0.0000000203. The van der Waals surface area contributed by atoms with Crippen LogP contribution in [0.3, 0.4) is 0 Å². The Morgan fingerprint density at radius 1 is 0.667 bits per heavy atom. The van der Waals surface area contributed by atoms with Crippen LogP contribution in [-0.2, 0) is 12.8 Å². The molecule has 0 bridgehead atoms. The molecule has 0 fully saturated rings. The van der Waals surface area contributed by atoms with Gasteiger partial charge in [-0.05, 0) is 0 Å². The number of hydrogen-bond acceptors (Lipinski definition) is 0. The monoisotopic (exact) mass is 394 g/mol. The van der Waals surface area contributed by atoms with Gasteiger partial charge in [0.25, 0.3) is 0 Å². The molecule has 0 saturated carbocycles. The molecule has 0 aromatic heterocycles. The Morgan fingerprint density at radius 2 is 0.667 bits per heavy atom. The molecule has 0 unspecified atom stereocenters. The van der Waals surface area contributed by atoms with Crippen LogP contribution in [0.5, 0.6) is 0 Å². The summed E-state index contributed by atoms with van der Waals surface area (Å²) in [5.74, 6) is 0. The molecular formula is C6H15Cl4GeNb-3. The van der Waals surface area contributed by atoms with Crippen LogP contribution in [0.4, 0.5) is 0 Å². The van der Waals surface area contributed by atoms with Gasteiger partial charge in [0.1, 0.15) is 0 Å². The summed E-state index contributed by atoms with van der Waals surface area (Å²) in [4.78, 5) is 0. The minimum Gasteiger partial charge on any atom is 0 e. The van der Waals surface area contributed by atoms with Crippen LogP contribution in [0.1, 0.15) is 20.8 Å². The average molecular weight is 395 g/mol. The van der Waals surface area contributed by atoms with E-state index in [0.29, 0.717) is 0 Å². The number of rotatable bonds is 0. The van der Waals surface area contributed by atoms with E-state index in [2.05, 4.69) is 20.8 Å². The second-order valence-corrected chi connectivity index (χ2v) is 20.4. The van der Waals surface area contributed by atoms with Gasteiger partial charge in [-0.15, -0.1) is 0 Å². The molecule has 0 spiro atoms. The first-order valence-electron chi connectivity index (χ1n) is 2.80. The van der Waals surface area contributed by atoms with Gasteiger partial charge in [-0.3, -0.25) is 0 Å². The predicted molar refractivity (Wildman–Crippen MR) is 62.3 cm³/mol. The summed E-state index contributed by atoms with van der Waals surface area (Å²) in [6.07, 6.45) is 0. The van der Waals surface area contributed by atoms with Crippen molar-refractivity contribution in [3.8, 4) is 0 Å². The van der Waals surface area contributed by atoms with Crippen LogP contribution in [0.2, 0.25) is 0 Å². The third-order valence-corrected chi connectivity index (χ3v) is 0. The topological polar surface area (TPSA) is 0 Å². The van der Waals surface area contributed by atoms with Crippen molar-refractivity contribution in [2.45, 2.75) is 20.8 Å². The van der Waals surface area contributed by atoms with Gasteiger partial charge in [0, 0.05) is 17.6 Å². The predicted octanol–water partition coefficient (Wildman–Crippen LogP) is 4.90. The van der Waals surface area contributed by atoms with Crippen LogP contribution < -0.4 is 0 Å². The fraction of sp³-hybridized carbons (Fsp3) is 0.500. The van der Waals surface area contributed by atoms with Crippen molar-refractivity contribution >= 4 is 54.4 Å². The molecule has 0 aliphatic rings. The fourth-order valence-corrected chi connectivity index (χ4v) is 0. The summed E-state index contributed by atoms with van der Waals surface area (Å²) in [7, 11) is 20.1. The summed E-state index contributed by atoms with van der Waals surface area (Å²) in [5.41, 5.74) is 0. The fourth-order valence-electron chi connectivity index (χ4n) is 0. The largest absolute Gasteiger partial charge is 0 e. The molecule has 79 valence electrons. The quantitative estimate of drug-likeness (QED) is 0.405. The zero-order chi connectivity index (χ0) is 10.5. The van der Waals surface area contributed by atoms with E-state index in [1.807, 2.05) is 0 Å². The van der Waals surface area contributed by atoms with Gasteiger partial charge in [0.2, 0.25) is 0 Å². The van der Waals surface area contributed by atoms with Crippen LogP contribution in [0.25, 0.3) is 0 Å². The Morgan fingerprint density at radius 3 is 0.667 bits per heavy atom. The maximum atomic E-state index is 5.03. The van der Waals surface area contributed by atoms with Crippen LogP contribution in [0.15, 0.2) is 0 Å². The first-order valence-corrected chi connectivity index (χ1v) is 14.1. The van der Waals surface area contributed by atoms with Gasteiger partial charge in [-0.25, -0.2) is 0 Å². The smallest absolute Gasteiger partial charge is 0 e. The molecule has 0 heterocycles. The van der Waals surface area contributed by atoms with Crippen molar-refractivity contribution < 1.29 is 12.8 Å². The Hall–Kier alpha value is 2.44. The maximum absolute atomic E-state index is 5.03. The van der Waals surface area contributed by atoms with Gasteiger partial charge in [-0.2, -0.15) is 20.8 Å². The van der Waals surface area contributed by atoms with E-state index in [4.69, 9.17) is 36.8 Å². The summed E-state index contributed by atoms with van der Waals surface area (Å²) >= 11 is -3.21. The normalized spacial score (nSPS) is 6.50. The first-order chi connectivity index (χ1) is 5.00. The van der Waals surface area contributed by atoms with Gasteiger partial charge < -0.3 is 20.8 Å². The Kier molecular flexibility index (Phi) is 71.2. The molecule has 0 N–H and O–H groups in total. The second-order valence-electron chi connectivity index (χ2n) is 0.383. The Bertz CT molecular complexity index is 35.0. The molecule has 4 radical (unpaired) electrons. The van der Waals surface area contributed by atoms with E-state index < -0.39 is 12.8 Å². The van der Waals surface area contributed by atoms with Crippen molar-refractivity contribution in [3.05, 3.63) is 20.8 Å². The van der Waals surface area contributed by atoms with Crippen molar-refractivity contribution in [1.29, 1.82) is 0 Å². The molecule has 0 aromatic rings. The van der Waals surface area contributed by atoms with Gasteiger partial charge in [0.15, 0.2) is 0 Å². The average Bonchev–Trinajstić information content (AvgIpc) is 1.96. The van der Waals surface area contributed by atoms with Gasteiger partial charge >= 0.3 is 49.6 Å². The maximum Gasteiger partial charge on any atom is 0 e. The number of hydrogen-bond donors (Lipinski definition) is 0. The SMILES string of the molecule is [CH2-]C.[CH2-]C.[CH2-]C.[Cl][Nb]([Cl])([Cl])[Cl].[Ge]. The van der Waals surface area contributed by atoms with Crippen LogP contribution in [-0.4, -0.2) is 17.6 Å². The third kappa shape index (κ3) is 273. The zero-order valence-corrected chi connectivity index (χ0v) is 14.9. The molecular weight excluding hydrogens is 379 g/mol. The molecule has 0 aromatic carbocycles. The molecule has 0 amide bonds. The summed E-state index contributed by atoms with van der Waals surface area (Å²) < 4.78 is 0. The van der Waals surface area contributed by atoms with E-state index in [9.17, 15) is 0 Å². The van der Waals surface area contributed by atoms with E-state index >= 15 is 0 Å². The van der Waals surface area contributed by atoms with E-state index in [-0.39, 0.29) is 17.6 Å². The van der Waals surface area contributed by atoms with Gasteiger partial charge in [0.05, 0.1) is 0 Å². The number of halogens is 4. The second kappa shape index (κ2) is 29.2. The van der Waals surface area contributed by atoms with Crippen molar-refractivity contribution in [1.82, 2.24) is 0 Å². The van der Waals surface area contributed by atoms with Gasteiger partial charge in [-0.1, -0.05) is 0 Å².